The van der Waals surface area contributed by atoms with Gasteiger partial charge in [0.1, 0.15) is 5.82 Å². The Morgan fingerprint density at radius 2 is 1.83 bits per heavy atom. The first-order chi connectivity index (χ1) is 11.1. The summed E-state index contributed by atoms with van der Waals surface area (Å²) < 4.78 is 16.4. The van der Waals surface area contributed by atoms with E-state index >= 15 is 0 Å². The summed E-state index contributed by atoms with van der Waals surface area (Å²) in [6, 6.07) is 8.28. The molecule has 3 rings (SSSR count). The maximum atomic E-state index is 5.39. The molecule has 0 saturated carbocycles. The zero-order valence-electron chi connectivity index (χ0n) is 13.6. The number of hydrogen-bond donors (Lipinski definition) is 1. The SMILES string of the molecule is COc1cc2snc(-c3ccc(NC(C)C)nc3)c2cc1OC. The summed E-state index contributed by atoms with van der Waals surface area (Å²) >= 11 is 1.44. The second-order valence-corrected chi connectivity index (χ2v) is 6.27. The highest BCUT2D eigenvalue weighted by molar-refractivity contribution is 7.13. The first-order valence-corrected chi connectivity index (χ1v) is 8.14. The molecular weight excluding hydrogens is 310 g/mol. The van der Waals surface area contributed by atoms with Crippen LogP contribution in [-0.4, -0.2) is 29.6 Å². The molecule has 2 heterocycles. The molecule has 120 valence electrons. The number of ether oxygens (including phenoxy) is 2. The monoisotopic (exact) mass is 329 g/mol. The van der Waals surface area contributed by atoms with Crippen LogP contribution in [0.2, 0.25) is 0 Å². The number of nitrogens with one attached hydrogen (secondary N) is 1. The van der Waals surface area contributed by atoms with Crippen LogP contribution in [-0.2, 0) is 0 Å². The van der Waals surface area contributed by atoms with Crippen molar-refractivity contribution < 1.29 is 9.47 Å². The Labute approximate surface area is 139 Å². The van der Waals surface area contributed by atoms with Crippen LogP contribution in [0.5, 0.6) is 11.5 Å². The Morgan fingerprint density at radius 3 is 2.43 bits per heavy atom. The summed E-state index contributed by atoms with van der Waals surface area (Å²) in [5.41, 5.74) is 1.90. The fraction of sp³-hybridized carbons (Fsp3) is 0.294. The Bertz CT molecular complexity index is 813. The molecule has 0 amide bonds. The standard InChI is InChI=1S/C17H19N3O2S/c1-10(2)19-16-6-5-11(9-18-16)17-12-7-13(21-3)14(22-4)8-15(12)23-20-17/h5-10H,1-4H3,(H,18,19). The second kappa shape index (κ2) is 6.42. The molecule has 3 aromatic rings. The predicted octanol–water partition coefficient (Wildman–Crippen LogP) is 4.20. The highest BCUT2D eigenvalue weighted by atomic mass is 32.1. The van der Waals surface area contributed by atoms with Gasteiger partial charge in [0.15, 0.2) is 11.5 Å². The molecule has 0 atom stereocenters. The van der Waals surface area contributed by atoms with Gasteiger partial charge in [-0.1, -0.05) is 0 Å². The van der Waals surface area contributed by atoms with Crippen LogP contribution in [0.1, 0.15) is 13.8 Å². The van der Waals surface area contributed by atoms with Crippen molar-refractivity contribution >= 4 is 27.4 Å². The lowest BCUT2D eigenvalue weighted by molar-refractivity contribution is 0.356. The molecule has 0 saturated heterocycles. The van der Waals surface area contributed by atoms with Gasteiger partial charge in [0.2, 0.25) is 0 Å². The maximum Gasteiger partial charge on any atom is 0.162 e. The number of methoxy groups -OCH3 is 2. The first-order valence-electron chi connectivity index (χ1n) is 7.36. The topological polar surface area (TPSA) is 56.3 Å². The number of fused-ring (bicyclic) bond motifs is 1. The quantitative estimate of drug-likeness (QED) is 0.760. The maximum absolute atomic E-state index is 5.39. The third kappa shape index (κ3) is 3.07. The number of anilines is 1. The van der Waals surface area contributed by atoms with Gasteiger partial charge in [-0.05, 0) is 43.6 Å². The van der Waals surface area contributed by atoms with Crippen LogP contribution in [0.3, 0.4) is 0 Å². The van der Waals surface area contributed by atoms with Crippen molar-refractivity contribution in [1.82, 2.24) is 9.36 Å². The molecule has 0 unspecified atom stereocenters. The van der Waals surface area contributed by atoms with E-state index in [9.17, 15) is 0 Å². The number of benzene rings is 1. The molecule has 1 N–H and O–H groups in total. The minimum absolute atomic E-state index is 0.352. The summed E-state index contributed by atoms with van der Waals surface area (Å²) in [5, 5.41) is 4.32. The minimum atomic E-state index is 0.352. The van der Waals surface area contributed by atoms with E-state index in [4.69, 9.17) is 9.47 Å². The van der Waals surface area contributed by atoms with Crippen molar-refractivity contribution in [2.24, 2.45) is 0 Å². The molecule has 0 aliphatic heterocycles. The number of pyridine rings is 1. The van der Waals surface area contributed by atoms with Gasteiger partial charge < -0.3 is 14.8 Å². The minimum Gasteiger partial charge on any atom is -0.493 e. The third-order valence-electron chi connectivity index (χ3n) is 3.45. The summed E-state index contributed by atoms with van der Waals surface area (Å²) in [7, 11) is 3.27. The molecule has 0 aliphatic rings. The van der Waals surface area contributed by atoms with Crippen LogP contribution in [0.25, 0.3) is 21.3 Å². The van der Waals surface area contributed by atoms with Crippen molar-refractivity contribution in [1.29, 1.82) is 0 Å². The summed E-state index contributed by atoms with van der Waals surface area (Å²) in [6.45, 7) is 4.17. The summed E-state index contributed by atoms with van der Waals surface area (Å²) in [4.78, 5) is 4.46. The molecule has 5 nitrogen and oxygen atoms in total. The van der Waals surface area contributed by atoms with Crippen molar-refractivity contribution in [2.45, 2.75) is 19.9 Å². The molecule has 0 fully saturated rings. The average Bonchev–Trinajstić information content (AvgIpc) is 2.96. The fourth-order valence-electron chi connectivity index (χ4n) is 2.39. The molecule has 23 heavy (non-hydrogen) atoms. The lowest BCUT2D eigenvalue weighted by Gasteiger charge is -2.09. The lowest BCUT2D eigenvalue weighted by atomic mass is 10.1. The molecule has 6 heteroatoms. The van der Waals surface area contributed by atoms with E-state index in [0.29, 0.717) is 17.5 Å². The highest BCUT2D eigenvalue weighted by Crippen LogP contribution is 2.38. The van der Waals surface area contributed by atoms with Crippen LogP contribution < -0.4 is 14.8 Å². The first kappa shape index (κ1) is 15.6. The lowest BCUT2D eigenvalue weighted by Crippen LogP contribution is -2.10. The smallest absolute Gasteiger partial charge is 0.162 e. The molecule has 0 radical (unpaired) electrons. The van der Waals surface area contributed by atoms with Crippen molar-refractivity contribution in [3.8, 4) is 22.8 Å². The number of aromatic nitrogens is 2. The molecule has 2 aromatic heterocycles. The fourth-order valence-corrected chi connectivity index (χ4v) is 3.20. The predicted molar refractivity (Wildman–Crippen MR) is 94.7 cm³/mol. The van der Waals surface area contributed by atoms with E-state index in [-0.39, 0.29) is 0 Å². The van der Waals surface area contributed by atoms with Crippen LogP contribution >= 0.6 is 11.5 Å². The van der Waals surface area contributed by atoms with Gasteiger partial charge >= 0.3 is 0 Å². The van der Waals surface area contributed by atoms with E-state index in [0.717, 1.165) is 27.2 Å². The number of nitrogens with zero attached hydrogens (tertiary/aromatic N) is 2. The van der Waals surface area contributed by atoms with E-state index in [2.05, 4.69) is 28.5 Å². The van der Waals surface area contributed by atoms with Crippen LogP contribution in [0.15, 0.2) is 30.5 Å². The van der Waals surface area contributed by atoms with Gasteiger partial charge in [-0.2, -0.15) is 4.37 Å². The van der Waals surface area contributed by atoms with Crippen LogP contribution in [0.4, 0.5) is 5.82 Å². The molecule has 0 spiro atoms. The molecule has 0 aliphatic carbocycles. The van der Waals surface area contributed by atoms with E-state index in [1.54, 1.807) is 14.2 Å². The summed E-state index contributed by atoms with van der Waals surface area (Å²) in [5.74, 6) is 2.28. The van der Waals surface area contributed by atoms with Gasteiger partial charge in [-0.15, -0.1) is 0 Å². The van der Waals surface area contributed by atoms with Gasteiger partial charge in [0, 0.05) is 29.3 Å². The molecular formula is C17H19N3O2S. The van der Waals surface area contributed by atoms with Gasteiger partial charge in [0.05, 0.1) is 24.6 Å². The van der Waals surface area contributed by atoms with E-state index in [1.807, 2.05) is 30.5 Å². The van der Waals surface area contributed by atoms with Crippen molar-refractivity contribution in [2.75, 3.05) is 19.5 Å². The van der Waals surface area contributed by atoms with Gasteiger partial charge in [-0.25, -0.2) is 4.98 Å². The largest absolute Gasteiger partial charge is 0.493 e. The summed E-state index contributed by atoms with van der Waals surface area (Å²) in [6.07, 6.45) is 1.84. The molecule has 1 aromatic carbocycles. The van der Waals surface area contributed by atoms with Gasteiger partial charge in [-0.3, -0.25) is 0 Å². The van der Waals surface area contributed by atoms with E-state index < -0.39 is 0 Å². The molecule has 0 bridgehead atoms. The Morgan fingerprint density at radius 1 is 1.09 bits per heavy atom. The van der Waals surface area contributed by atoms with Crippen molar-refractivity contribution in [3.63, 3.8) is 0 Å². The Kier molecular flexibility index (Phi) is 4.34. The number of rotatable bonds is 5. The van der Waals surface area contributed by atoms with Crippen LogP contribution in [0, 0.1) is 0 Å². The Balaban J connectivity index is 2.02. The zero-order valence-corrected chi connectivity index (χ0v) is 14.4. The normalized spacial score (nSPS) is 11.0. The van der Waals surface area contributed by atoms with Gasteiger partial charge in [0.25, 0.3) is 0 Å². The highest BCUT2D eigenvalue weighted by Gasteiger charge is 2.14. The average molecular weight is 329 g/mol. The Hall–Kier alpha value is -2.34. The second-order valence-electron chi connectivity index (χ2n) is 5.47. The zero-order chi connectivity index (χ0) is 16.4. The third-order valence-corrected chi connectivity index (χ3v) is 4.26. The van der Waals surface area contributed by atoms with E-state index in [1.165, 1.54) is 11.5 Å². The van der Waals surface area contributed by atoms with Crippen molar-refractivity contribution in [3.05, 3.63) is 30.5 Å². The number of hydrogen-bond acceptors (Lipinski definition) is 6.